The van der Waals surface area contributed by atoms with Crippen LogP contribution >= 0.6 is 11.8 Å². The summed E-state index contributed by atoms with van der Waals surface area (Å²) in [6, 6.07) is 13.8. The van der Waals surface area contributed by atoms with Crippen molar-refractivity contribution >= 4 is 11.8 Å². The summed E-state index contributed by atoms with van der Waals surface area (Å²) in [5.74, 6) is 1.62. The zero-order valence-electron chi connectivity index (χ0n) is 10.3. The fourth-order valence-electron chi connectivity index (χ4n) is 1.89. The van der Waals surface area contributed by atoms with Crippen LogP contribution < -0.4 is 9.47 Å². The summed E-state index contributed by atoms with van der Waals surface area (Å²) < 4.78 is 11.1. The van der Waals surface area contributed by atoms with Crippen LogP contribution in [0, 0.1) is 0 Å². The van der Waals surface area contributed by atoms with Gasteiger partial charge in [-0.3, -0.25) is 0 Å². The maximum Gasteiger partial charge on any atom is 0.162 e. The Bertz CT molecular complexity index is 566. The molecule has 0 spiro atoms. The summed E-state index contributed by atoms with van der Waals surface area (Å²) in [6.45, 7) is 1.30. The molecule has 0 radical (unpaired) electrons. The summed E-state index contributed by atoms with van der Waals surface area (Å²) in [5.41, 5.74) is 0.923. The Morgan fingerprint density at radius 3 is 2.32 bits per heavy atom. The van der Waals surface area contributed by atoms with E-state index in [1.54, 1.807) is 11.8 Å². The molecule has 98 valence electrons. The van der Waals surface area contributed by atoms with Crippen LogP contribution in [0.5, 0.6) is 11.5 Å². The number of hydrogen-bond acceptors (Lipinski definition) is 4. The van der Waals surface area contributed by atoms with Crippen molar-refractivity contribution in [3.63, 3.8) is 0 Å². The van der Waals surface area contributed by atoms with Gasteiger partial charge in [0.2, 0.25) is 0 Å². The van der Waals surface area contributed by atoms with Crippen molar-refractivity contribution in [3.8, 4) is 11.5 Å². The molecule has 1 N–H and O–H groups in total. The largest absolute Gasteiger partial charge is 0.486 e. The Kier molecular flexibility index (Phi) is 3.62. The Balaban J connectivity index is 1.78. The van der Waals surface area contributed by atoms with E-state index in [4.69, 9.17) is 14.6 Å². The lowest BCUT2D eigenvalue weighted by atomic mass is 10.2. The van der Waals surface area contributed by atoms with Gasteiger partial charge in [0.15, 0.2) is 11.5 Å². The molecule has 0 bridgehead atoms. The molecule has 0 atom stereocenters. The summed E-state index contributed by atoms with van der Waals surface area (Å²) in [4.78, 5) is 2.25. The molecule has 0 aliphatic carbocycles. The third kappa shape index (κ3) is 2.85. The van der Waals surface area contributed by atoms with Crippen LogP contribution in [0.3, 0.4) is 0 Å². The van der Waals surface area contributed by atoms with Crippen LogP contribution in [0.4, 0.5) is 0 Å². The SMILES string of the molecule is OCc1ccc(Sc2ccc3c(c2)OCCO3)cc1. The first-order valence-corrected chi connectivity index (χ1v) is 6.94. The zero-order valence-corrected chi connectivity index (χ0v) is 11.2. The quantitative estimate of drug-likeness (QED) is 0.933. The van der Waals surface area contributed by atoms with E-state index in [1.165, 1.54) is 0 Å². The van der Waals surface area contributed by atoms with E-state index < -0.39 is 0 Å². The molecule has 0 saturated carbocycles. The number of benzene rings is 2. The lowest BCUT2D eigenvalue weighted by Crippen LogP contribution is -2.15. The molecule has 0 fully saturated rings. The highest BCUT2D eigenvalue weighted by Gasteiger charge is 2.12. The van der Waals surface area contributed by atoms with E-state index in [1.807, 2.05) is 42.5 Å². The summed E-state index contributed by atoms with van der Waals surface area (Å²) in [5, 5.41) is 9.01. The van der Waals surface area contributed by atoms with E-state index in [2.05, 4.69) is 0 Å². The Morgan fingerprint density at radius 1 is 0.895 bits per heavy atom. The topological polar surface area (TPSA) is 38.7 Å². The van der Waals surface area contributed by atoms with Crippen molar-refractivity contribution in [2.75, 3.05) is 13.2 Å². The summed E-state index contributed by atoms with van der Waals surface area (Å²) >= 11 is 1.66. The molecule has 4 heteroatoms. The van der Waals surface area contributed by atoms with Gasteiger partial charge in [0.05, 0.1) is 6.61 Å². The number of ether oxygens (including phenoxy) is 2. The van der Waals surface area contributed by atoms with Crippen molar-refractivity contribution in [2.24, 2.45) is 0 Å². The highest BCUT2D eigenvalue weighted by Crippen LogP contribution is 2.36. The number of hydrogen-bond donors (Lipinski definition) is 1. The summed E-state index contributed by atoms with van der Waals surface area (Å²) in [6.07, 6.45) is 0. The normalized spacial score (nSPS) is 13.3. The zero-order chi connectivity index (χ0) is 13.1. The van der Waals surface area contributed by atoms with E-state index >= 15 is 0 Å². The second-order valence-corrected chi connectivity index (χ2v) is 5.36. The van der Waals surface area contributed by atoms with Gasteiger partial charge in [-0.15, -0.1) is 0 Å². The predicted octanol–water partition coefficient (Wildman–Crippen LogP) is 3.10. The molecule has 0 unspecified atom stereocenters. The Hall–Kier alpha value is -1.65. The molecule has 0 amide bonds. The molecule has 3 nitrogen and oxygen atoms in total. The summed E-state index contributed by atoms with van der Waals surface area (Å²) in [7, 11) is 0. The number of fused-ring (bicyclic) bond motifs is 1. The van der Waals surface area contributed by atoms with Crippen LogP contribution in [-0.2, 0) is 6.61 Å². The van der Waals surface area contributed by atoms with Crippen molar-refractivity contribution in [1.29, 1.82) is 0 Å². The van der Waals surface area contributed by atoms with Crippen molar-refractivity contribution in [3.05, 3.63) is 48.0 Å². The van der Waals surface area contributed by atoms with Gasteiger partial charge in [0, 0.05) is 9.79 Å². The standard InChI is InChI=1S/C15H14O3S/c16-10-11-1-3-12(4-2-11)19-13-5-6-14-15(9-13)18-8-7-17-14/h1-6,9,16H,7-8,10H2. The fourth-order valence-corrected chi connectivity index (χ4v) is 2.73. The molecule has 0 saturated heterocycles. The molecule has 1 aliphatic heterocycles. The van der Waals surface area contributed by atoms with Gasteiger partial charge < -0.3 is 14.6 Å². The average molecular weight is 274 g/mol. The third-order valence-corrected chi connectivity index (χ3v) is 3.85. The molecule has 2 aromatic carbocycles. The number of aliphatic hydroxyl groups excluding tert-OH is 1. The molecule has 0 aromatic heterocycles. The highest BCUT2D eigenvalue weighted by molar-refractivity contribution is 7.99. The Morgan fingerprint density at radius 2 is 1.58 bits per heavy atom. The molecule has 3 rings (SSSR count). The minimum atomic E-state index is 0.0783. The van der Waals surface area contributed by atoms with Crippen molar-refractivity contribution < 1.29 is 14.6 Å². The van der Waals surface area contributed by atoms with E-state index in [-0.39, 0.29) is 6.61 Å². The molecule has 1 aliphatic rings. The van der Waals surface area contributed by atoms with Gasteiger partial charge in [0.25, 0.3) is 0 Å². The van der Waals surface area contributed by atoms with E-state index in [0.29, 0.717) is 13.2 Å². The monoisotopic (exact) mass is 274 g/mol. The molecular formula is C15H14O3S. The Labute approximate surface area is 116 Å². The lowest BCUT2D eigenvalue weighted by Gasteiger charge is -2.18. The number of aliphatic hydroxyl groups is 1. The van der Waals surface area contributed by atoms with Crippen molar-refractivity contribution in [2.45, 2.75) is 16.4 Å². The van der Waals surface area contributed by atoms with Gasteiger partial charge >= 0.3 is 0 Å². The second-order valence-electron chi connectivity index (χ2n) is 4.21. The lowest BCUT2D eigenvalue weighted by molar-refractivity contribution is 0.171. The minimum absolute atomic E-state index is 0.0783. The van der Waals surface area contributed by atoms with E-state index in [9.17, 15) is 0 Å². The van der Waals surface area contributed by atoms with Crippen LogP contribution in [0.15, 0.2) is 52.3 Å². The van der Waals surface area contributed by atoms with Crippen LogP contribution in [0.25, 0.3) is 0 Å². The highest BCUT2D eigenvalue weighted by atomic mass is 32.2. The molecule has 19 heavy (non-hydrogen) atoms. The molecular weight excluding hydrogens is 260 g/mol. The van der Waals surface area contributed by atoms with Gasteiger partial charge in [-0.25, -0.2) is 0 Å². The van der Waals surface area contributed by atoms with Gasteiger partial charge in [-0.05, 0) is 35.9 Å². The van der Waals surface area contributed by atoms with Crippen LogP contribution in [0.1, 0.15) is 5.56 Å². The first-order valence-electron chi connectivity index (χ1n) is 6.12. The first kappa shape index (κ1) is 12.4. The molecule has 1 heterocycles. The minimum Gasteiger partial charge on any atom is -0.486 e. The predicted molar refractivity (Wildman–Crippen MR) is 73.9 cm³/mol. The second kappa shape index (κ2) is 5.55. The average Bonchev–Trinajstić information content (AvgIpc) is 2.48. The third-order valence-electron chi connectivity index (χ3n) is 2.86. The van der Waals surface area contributed by atoms with Gasteiger partial charge in [0.1, 0.15) is 13.2 Å². The number of rotatable bonds is 3. The van der Waals surface area contributed by atoms with Crippen molar-refractivity contribution in [1.82, 2.24) is 0 Å². The van der Waals surface area contributed by atoms with Crippen LogP contribution in [-0.4, -0.2) is 18.3 Å². The smallest absolute Gasteiger partial charge is 0.162 e. The maximum atomic E-state index is 9.01. The fraction of sp³-hybridized carbons (Fsp3) is 0.200. The molecule has 2 aromatic rings. The van der Waals surface area contributed by atoms with Gasteiger partial charge in [-0.1, -0.05) is 23.9 Å². The maximum absolute atomic E-state index is 9.01. The van der Waals surface area contributed by atoms with Crippen LogP contribution in [0.2, 0.25) is 0 Å². The first-order chi connectivity index (χ1) is 9.35. The van der Waals surface area contributed by atoms with E-state index in [0.717, 1.165) is 26.9 Å². The van der Waals surface area contributed by atoms with Gasteiger partial charge in [-0.2, -0.15) is 0 Å².